The minimum Gasteiger partial charge on any atom is -0.481 e. The maximum Gasteiger partial charge on any atom is 0.307 e. The number of benzene rings is 1. The van der Waals surface area contributed by atoms with Gasteiger partial charge in [-0.1, -0.05) is 18.2 Å². The normalized spacial score (nSPS) is 14.3. The molecule has 0 bridgehead atoms. The van der Waals surface area contributed by atoms with Crippen molar-refractivity contribution in [1.29, 1.82) is 0 Å². The van der Waals surface area contributed by atoms with Crippen LogP contribution in [-0.4, -0.2) is 40.2 Å². The summed E-state index contributed by atoms with van der Waals surface area (Å²) in [6.45, 7) is 0.0462. The summed E-state index contributed by atoms with van der Waals surface area (Å²) in [6.07, 6.45) is 0.183. The molecule has 2 rings (SSSR count). The van der Waals surface area contributed by atoms with Crippen LogP contribution in [0.3, 0.4) is 0 Å². The molecule has 7 nitrogen and oxygen atoms in total. The second-order valence-corrected chi connectivity index (χ2v) is 4.96. The van der Waals surface area contributed by atoms with Gasteiger partial charge < -0.3 is 10.4 Å². The van der Waals surface area contributed by atoms with E-state index in [2.05, 4.69) is 5.32 Å². The van der Waals surface area contributed by atoms with Gasteiger partial charge in [-0.2, -0.15) is 0 Å². The first-order valence-electron chi connectivity index (χ1n) is 6.90. The minimum atomic E-state index is -0.991. The molecule has 1 fully saturated rings. The zero-order chi connectivity index (χ0) is 16.1. The van der Waals surface area contributed by atoms with Crippen LogP contribution in [-0.2, 0) is 25.6 Å². The van der Waals surface area contributed by atoms with Gasteiger partial charge in [0.25, 0.3) is 0 Å². The van der Waals surface area contributed by atoms with Gasteiger partial charge in [0.1, 0.15) is 0 Å². The number of hydrogen-bond acceptors (Lipinski definition) is 4. The summed E-state index contributed by atoms with van der Waals surface area (Å²) in [5.41, 5.74) is 0.922. The highest BCUT2D eigenvalue weighted by atomic mass is 16.4. The maximum absolute atomic E-state index is 11.9. The fraction of sp³-hybridized carbons (Fsp3) is 0.333. The number of rotatable bonds is 6. The molecule has 1 aliphatic heterocycles. The zero-order valence-electron chi connectivity index (χ0n) is 11.9. The molecular weight excluding hydrogens is 288 g/mol. The van der Waals surface area contributed by atoms with Gasteiger partial charge in [-0.05, 0) is 11.6 Å². The summed E-state index contributed by atoms with van der Waals surface area (Å²) in [7, 11) is 0. The SMILES string of the molecule is O=C(O)Cc1ccccc1NC(=O)CCN1C(=O)CCC1=O. The molecule has 116 valence electrons. The summed E-state index contributed by atoms with van der Waals surface area (Å²) in [6, 6.07) is 6.61. The van der Waals surface area contributed by atoms with Gasteiger partial charge in [0, 0.05) is 31.5 Å². The van der Waals surface area contributed by atoms with Crippen LogP contribution in [0.2, 0.25) is 0 Å². The fourth-order valence-corrected chi connectivity index (χ4v) is 2.26. The molecule has 1 aromatic rings. The molecule has 0 unspecified atom stereocenters. The Kier molecular flexibility index (Phi) is 4.88. The van der Waals surface area contributed by atoms with E-state index < -0.39 is 5.97 Å². The molecule has 0 aliphatic carbocycles. The predicted molar refractivity (Wildman–Crippen MR) is 77.0 cm³/mol. The molecule has 0 aromatic heterocycles. The number of para-hydroxylation sites is 1. The van der Waals surface area contributed by atoms with Gasteiger partial charge in [-0.15, -0.1) is 0 Å². The smallest absolute Gasteiger partial charge is 0.307 e. The lowest BCUT2D eigenvalue weighted by molar-refractivity contribution is -0.139. The Labute approximate surface area is 126 Å². The van der Waals surface area contributed by atoms with Crippen molar-refractivity contribution in [2.75, 3.05) is 11.9 Å². The molecule has 1 aromatic carbocycles. The lowest BCUT2D eigenvalue weighted by Gasteiger charge is -2.14. The van der Waals surface area contributed by atoms with E-state index in [0.717, 1.165) is 4.90 Å². The topological polar surface area (TPSA) is 104 Å². The molecule has 0 spiro atoms. The number of amides is 3. The number of anilines is 1. The Morgan fingerprint density at radius 3 is 2.41 bits per heavy atom. The van der Waals surface area contributed by atoms with Crippen molar-refractivity contribution in [2.45, 2.75) is 25.7 Å². The highest BCUT2D eigenvalue weighted by molar-refractivity contribution is 6.02. The Balaban J connectivity index is 1.93. The molecule has 2 N–H and O–H groups in total. The number of nitrogens with zero attached hydrogens (tertiary/aromatic N) is 1. The van der Waals surface area contributed by atoms with Crippen LogP contribution in [0, 0.1) is 0 Å². The Bertz CT molecular complexity index is 610. The molecule has 7 heteroatoms. The molecule has 22 heavy (non-hydrogen) atoms. The van der Waals surface area contributed by atoms with Crippen molar-refractivity contribution in [2.24, 2.45) is 0 Å². The van der Waals surface area contributed by atoms with Crippen LogP contribution in [0.25, 0.3) is 0 Å². The quantitative estimate of drug-likeness (QED) is 0.756. The van der Waals surface area contributed by atoms with Crippen molar-refractivity contribution in [3.8, 4) is 0 Å². The van der Waals surface area contributed by atoms with E-state index in [9.17, 15) is 19.2 Å². The average Bonchev–Trinajstić information content (AvgIpc) is 2.77. The third-order valence-corrected chi connectivity index (χ3v) is 3.35. The molecule has 1 saturated heterocycles. The molecule has 0 atom stereocenters. The van der Waals surface area contributed by atoms with Crippen LogP contribution in [0.15, 0.2) is 24.3 Å². The van der Waals surface area contributed by atoms with Crippen molar-refractivity contribution in [3.05, 3.63) is 29.8 Å². The van der Waals surface area contributed by atoms with Crippen molar-refractivity contribution < 1.29 is 24.3 Å². The van der Waals surface area contributed by atoms with Crippen LogP contribution in [0.5, 0.6) is 0 Å². The zero-order valence-corrected chi connectivity index (χ0v) is 11.9. The van der Waals surface area contributed by atoms with Gasteiger partial charge in [-0.3, -0.25) is 24.1 Å². The molecule has 1 heterocycles. The van der Waals surface area contributed by atoms with Crippen LogP contribution in [0.4, 0.5) is 5.69 Å². The summed E-state index contributed by atoms with van der Waals surface area (Å²) < 4.78 is 0. The molecular formula is C15H16N2O5. The Morgan fingerprint density at radius 2 is 1.77 bits per heavy atom. The molecule has 1 aliphatic rings. The molecule has 3 amide bonds. The lowest BCUT2D eigenvalue weighted by Crippen LogP contribution is -2.32. The van der Waals surface area contributed by atoms with Gasteiger partial charge in [0.2, 0.25) is 17.7 Å². The van der Waals surface area contributed by atoms with E-state index in [1.807, 2.05) is 0 Å². The number of nitrogens with one attached hydrogen (secondary N) is 1. The number of imide groups is 1. The highest BCUT2D eigenvalue weighted by Gasteiger charge is 2.28. The lowest BCUT2D eigenvalue weighted by atomic mass is 10.1. The Hall–Kier alpha value is -2.70. The van der Waals surface area contributed by atoms with E-state index in [1.165, 1.54) is 0 Å². The summed E-state index contributed by atoms with van der Waals surface area (Å²) >= 11 is 0. The summed E-state index contributed by atoms with van der Waals surface area (Å²) in [5, 5.41) is 11.5. The van der Waals surface area contributed by atoms with Crippen LogP contribution < -0.4 is 5.32 Å². The van der Waals surface area contributed by atoms with Gasteiger partial charge in [-0.25, -0.2) is 0 Å². The van der Waals surface area contributed by atoms with Crippen molar-refractivity contribution >= 4 is 29.4 Å². The number of hydrogen-bond donors (Lipinski definition) is 2. The summed E-state index contributed by atoms with van der Waals surface area (Å²) in [5.74, 6) is -1.88. The summed E-state index contributed by atoms with van der Waals surface area (Å²) in [4.78, 5) is 46.7. The average molecular weight is 304 g/mol. The Morgan fingerprint density at radius 1 is 1.14 bits per heavy atom. The number of carbonyl (C=O) groups is 4. The highest BCUT2D eigenvalue weighted by Crippen LogP contribution is 2.17. The fourth-order valence-electron chi connectivity index (χ4n) is 2.26. The molecule has 0 saturated carbocycles. The largest absolute Gasteiger partial charge is 0.481 e. The first-order valence-corrected chi connectivity index (χ1v) is 6.90. The van der Waals surface area contributed by atoms with E-state index >= 15 is 0 Å². The predicted octanol–water partition coefficient (Wildman–Crippen LogP) is 0.791. The third-order valence-electron chi connectivity index (χ3n) is 3.35. The second kappa shape index (κ2) is 6.84. The van der Waals surface area contributed by atoms with Gasteiger partial charge >= 0.3 is 5.97 Å². The van der Waals surface area contributed by atoms with Crippen LogP contribution >= 0.6 is 0 Å². The van der Waals surface area contributed by atoms with Crippen LogP contribution in [0.1, 0.15) is 24.8 Å². The first-order chi connectivity index (χ1) is 10.5. The monoisotopic (exact) mass is 304 g/mol. The number of carboxylic acid groups (broad SMARTS) is 1. The third kappa shape index (κ3) is 3.91. The van der Waals surface area contributed by atoms with E-state index in [0.29, 0.717) is 11.3 Å². The number of likely N-dealkylation sites (tertiary alicyclic amines) is 1. The standard InChI is InChI=1S/C15H16N2O5/c18-12(7-8-17-13(19)5-6-14(17)20)16-11-4-2-1-3-10(11)9-15(21)22/h1-4H,5-9H2,(H,16,18)(H,21,22). The first kappa shape index (κ1) is 15.7. The van der Waals surface area contributed by atoms with Gasteiger partial charge in [0.15, 0.2) is 0 Å². The van der Waals surface area contributed by atoms with Crippen molar-refractivity contribution in [1.82, 2.24) is 4.90 Å². The molecule has 0 radical (unpaired) electrons. The van der Waals surface area contributed by atoms with E-state index in [1.54, 1.807) is 24.3 Å². The minimum absolute atomic E-state index is 0.0150. The van der Waals surface area contributed by atoms with Crippen molar-refractivity contribution in [3.63, 3.8) is 0 Å². The van der Waals surface area contributed by atoms with E-state index in [-0.39, 0.29) is 49.9 Å². The maximum atomic E-state index is 11.9. The second-order valence-electron chi connectivity index (χ2n) is 4.96. The van der Waals surface area contributed by atoms with E-state index in [4.69, 9.17) is 5.11 Å². The number of carbonyl (C=O) groups excluding carboxylic acids is 3. The van der Waals surface area contributed by atoms with Gasteiger partial charge in [0.05, 0.1) is 6.42 Å². The number of aliphatic carboxylic acids is 1. The number of carboxylic acids is 1.